The van der Waals surface area contributed by atoms with Crippen LogP contribution in [-0.4, -0.2) is 27.7 Å². The minimum atomic E-state index is -0.757. The maximum absolute atomic E-state index is 12.3. The van der Waals surface area contributed by atoms with Gasteiger partial charge in [0.05, 0.1) is 11.7 Å². The van der Waals surface area contributed by atoms with E-state index in [2.05, 4.69) is 4.98 Å². The number of hydrogen-bond donors (Lipinski definition) is 1. The van der Waals surface area contributed by atoms with Gasteiger partial charge in [-0.1, -0.05) is 25.1 Å². The van der Waals surface area contributed by atoms with Gasteiger partial charge in [0.15, 0.2) is 6.23 Å². The van der Waals surface area contributed by atoms with Crippen LogP contribution in [0.1, 0.15) is 36.4 Å². The normalized spacial score (nSPS) is 23.1. The predicted octanol–water partition coefficient (Wildman–Crippen LogP) is 1.46. The number of rotatable bonds is 4. The Kier molecular flexibility index (Phi) is 4.61. The van der Waals surface area contributed by atoms with E-state index in [-0.39, 0.29) is 6.10 Å². The molecule has 7 nitrogen and oxygen atoms in total. The molecule has 2 aromatic rings. The molecule has 2 heterocycles. The van der Waals surface area contributed by atoms with Crippen molar-refractivity contribution in [1.82, 2.24) is 9.55 Å². The Morgan fingerprint density at radius 3 is 2.71 bits per heavy atom. The van der Waals surface area contributed by atoms with Gasteiger partial charge in [-0.25, -0.2) is 9.59 Å². The number of H-pyrrole nitrogens is 1. The van der Waals surface area contributed by atoms with Crippen molar-refractivity contribution in [1.29, 1.82) is 0 Å². The Morgan fingerprint density at radius 2 is 2.04 bits per heavy atom. The topological polar surface area (TPSA) is 90.4 Å². The van der Waals surface area contributed by atoms with Gasteiger partial charge in [-0.2, -0.15) is 0 Å². The van der Waals surface area contributed by atoms with Crippen LogP contribution in [0, 0.1) is 0 Å². The zero-order valence-corrected chi connectivity index (χ0v) is 13.2. The first kappa shape index (κ1) is 16.2. The van der Waals surface area contributed by atoms with Gasteiger partial charge in [-0.05, 0) is 18.6 Å². The van der Waals surface area contributed by atoms with Crippen LogP contribution in [0.3, 0.4) is 0 Å². The van der Waals surface area contributed by atoms with E-state index in [4.69, 9.17) is 9.47 Å². The zero-order valence-electron chi connectivity index (χ0n) is 13.2. The van der Waals surface area contributed by atoms with Crippen molar-refractivity contribution in [2.24, 2.45) is 0 Å². The lowest BCUT2D eigenvalue weighted by Gasteiger charge is -2.20. The second-order valence-corrected chi connectivity index (χ2v) is 5.62. The van der Waals surface area contributed by atoms with Crippen molar-refractivity contribution in [3.05, 3.63) is 69.0 Å². The van der Waals surface area contributed by atoms with Crippen LogP contribution >= 0.6 is 0 Å². The summed E-state index contributed by atoms with van der Waals surface area (Å²) < 4.78 is 12.6. The van der Waals surface area contributed by atoms with Crippen LogP contribution in [0.15, 0.2) is 52.2 Å². The molecule has 1 aromatic heterocycles. The fourth-order valence-corrected chi connectivity index (χ4v) is 2.74. The highest BCUT2D eigenvalue weighted by atomic mass is 16.6. The molecule has 0 aliphatic carbocycles. The average Bonchev–Trinajstić information content (AvgIpc) is 2.98. The Hall–Kier alpha value is -2.67. The Balaban J connectivity index is 1.85. The predicted molar refractivity (Wildman–Crippen MR) is 85.8 cm³/mol. The van der Waals surface area contributed by atoms with Crippen LogP contribution in [0.5, 0.6) is 0 Å². The number of nitrogens with one attached hydrogen (secondary N) is 1. The number of ether oxygens (including phenoxy) is 2. The summed E-state index contributed by atoms with van der Waals surface area (Å²) >= 11 is 0. The Bertz CT molecular complexity index is 827. The van der Waals surface area contributed by atoms with Crippen LogP contribution in [0.2, 0.25) is 0 Å². The van der Waals surface area contributed by atoms with E-state index in [1.54, 1.807) is 24.3 Å². The number of aromatic nitrogens is 2. The van der Waals surface area contributed by atoms with Gasteiger partial charge in [-0.15, -0.1) is 0 Å². The molecule has 7 heteroatoms. The summed E-state index contributed by atoms with van der Waals surface area (Å²) in [7, 11) is 0. The van der Waals surface area contributed by atoms with Crippen LogP contribution < -0.4 is 11.2 Å². The SMILES string of the molecule is CC[C@@H]1CC(OC(=O)c2ccccc2)[C@H](n2ccc(=O)[nH]c2=O)O1. The Labute approximate surface area is 137 Å². The van der Waals surface area contributed by atoms with E-state index >= 15 is 0 Å². The molecule has 126 valence electrons. The maximum atomic E-state index is 12.3. The van der Waals surface area contributed by atoms with Crippen LogP contribution in [-0.2, 0) is 9.47 Å². The number of carbonyl (C=O) groups is 1. The maximum Gasteiger partial charge on any atom is 0.338 e. The van der Waals surface area contributed by atoms with Gasteiger partial charge in [0.25, 0.3) is 5.56 Å². The van der Waals surface area contributed by atoms with E-state index in [1.165, 1.54) is 16.8 Å². The number of nitrogens with zero attached hydrogens (tertiary/aromatic N) is 1. The van der Waals surface area contributed by atoms with Gasteiger partial charge >= 0.3 is 11.7 Å². The second-order valence-electron chi connectivity index (χ2n) is 5.62. The van der Waals surface area contributed by atoms with Gasteiger partial charge in [0, 0.05) is 18.7 Å². The van der Waals surface area contributed by atoms with Crippen molar-refractivity contribution in [2.45, 2.75) is 38.2 Å². The molecule has 0 saturated carbocycles. The molecule has 0 spiro atoms. The third-order valence-electron chi connectivity index (χ3n) is 3.99. The molecule has 0 radical (unpaired) electrons. The minimum absolute atomic E-state index is 0.123. The molecule has 1 aliphatic heterocycles. The molecule has 1 N–H and O–H groups in total. The molecule has 1 aromatic carbocycles. The summed E-state index contributed by atoms with van der Waals surface area (Å²) in [4.78, 5) is 37.7. The largest absolute Gasteiger partial charge is 0.454 e. The summed E-state index contributed by atoms with van der Waals surface area (Å²) in [5, 5.41) is 0. The first-order valence-corrected chi connectivity index (χ1v) is 7.81. The van der Waals surface area contributed by atoms with E-state index in [1.807, 2.05) is 13.0 Å². The van der Waals surface area contributed by atoms with Crippen molar-refractivity contribution in [3.8, 4) is 0 Å². The minimum Gasteiger partial charge on any atom is -0.454 e. The number of esters is 1. The number of aromatic amines is 1. The van der Waals surface area contributed by atoms with E-state index in [0.717, 1.165) is 6.42 Å². The molecule has 1 aliphatic rings. The number of hydrogen-bond acceptors (Lipinski definition) is 5. The number of benzene rings is 1. The van der Waals surface area contributed by atoms with Crippen LogP contribution in [0.25, 0.3) is 0 Å². The first-order chi connectivity index (χ1) is 11.6. The van der Waals surface area contributed by atoms with Gasteiger partial charge in [0.1, 0.15) is 6.10 Å². The fourth-order valence-electron chi connectivity index (χ4n) is 2.74. The lowest BCUT2D eigenvalue weighted by atomic mass is 10.1. The summed E-state index contributed by atoms with van der Waals surface area (Å²) in [5.74, 6) is -0.469. The molecule has 3 atom stereocenters. The lowest BCUT2D eigenvalue weighted by Crippen LogP contribution is -2.36. The molecular weight excluding hydrogens is 312 g/mol. The molecule has 24 heavy (non-hydrogen) atoms. The molecule has 1 unspecified atom stereocenters. The smallest absolute Gasteiger partial charge is 0.338 e. The summed E-state index contributed by atoms with van der Waals surface area (Å²) in [6.07, 6.45) is 1.09. The molecule has 1 saturated heterocycles. The zero-order chi connectivity index (χ0) is 17.1. The molecule has 1 fully saturated rings. The molecule has 0 amide bonds. The number of carbonyl (C=O) groups excluding carboxylic acids is 1. The first-order valence-electron chi connectivity index (χ1n) is 7.81. The van der Waals surface area contributed by atoms with Crippen molar-refractivity contribution >= 4 is 5.97 Å². The van der Waals surface area contributed by atoms with Crippen molar-refractivity contribution < 1.29 is 14.3 Å². The quantitative estimate of drug-likeness (QED) is 0.857. The highest BCUT2D eigenvalue weighted by molar-refractivity contribution is 5.89. The molecule has 0 bridgehead atoms. The van der Waals surface area contributed by atoms with Crippen molar-refractivity contribution in [3.63, 3.8) is 0 Å². The highest BCUT2D eigenvalue weighted by Gasteiger charge is 2.39. The van der Waals surface area contributed by atoms with Crippen LogP contribution in [0.4, 0.5) is 0 Å². The second kappa shape index (κ2) is 6.84. The third-order valence-corrected chi connectivity index (χ3v) is 3.99. The molecule has 3 rings (SSSR count). The van der Waals surface area contributed by atoms with Gasteiger partial charge in [-0.3, -0.25) is 14.3 Å². The fraction of sp³-hybridized carbons (Fsp3) is 0.353. The van der Waals surface area contributed by atoms with Gasteiger partial charge < -0.3 is 9.47 Å². The monoisotopic (exact) mass is 330 g/mol. The van der Waals surface area contributed by atoms with E-state index < -0.39 is 29.6 Å². The molecular formula is C17H18N2O5. The Morgan fingerprint density at radius 1 is 1.29 bits per heavy atom. The summed E-state index contributed by atoms with van der Waals surface area (Å²) in [6.45, 7) is 1.96. The van der Waals surface area contributed by atoms with Gasteiger partial charge in [0.2, 0.25) is 0 Å². The third kappa shape index (κ3) is 3.30. The van der Waals surface area contributed by atoms with E-state index in [0.29, 0.717) is 12.0 Å². The lowest BCUT2D eigenvalue weighted by molar-refractivity contribution is -0.0508. The standard InChI is InChI=1S/C17H18N2O5/c1-2-12-10-13(24-16(21)11-6-4-3-5-7-11)15(23-12)19-9-8-14(20)18-17(19)22/h3-9,12-13,15H,2,10H2,1H3,(H,18,20,22)/t12-,13?,15-/m1/s1. The summed E-state index contributed by atoms with van der Waals surface area (Å²) in [5.41, 5.74) is -0.644. The average molecular weight is 330 g/mol. The van der Waals surface area contributed by atoms with E-state index in [9.17, 15) is 14.4 Å². The summed E-state index contributed by atoms with van der Waals surface area (Å²) in [6, 6.07) is 9.87. The highest BCUT2D eigenvalue weighted by Crippen LogP contribution is 2.32. The van der Waals surface area contributed by atoms with Crippen molar-refractivity contribution in [2.75, 3.05) is 0 Å².